The van der Waals surface area contributed by atoms with Crippen LogP contribution in [-0.2, 0) is 23.9 Å². The molecule has 1 aromatic rings. The standard InChI is InChI=1S/C29H36Cl2N4O5/c1-28-9-10-29(40-28)23(22(28)25(36)33-19-7-8-20(30)21(31)17-19)27(38)35(12-11-34-13-15-39-16-14-34)24(29)26(37)32-18-5-3-2-4-6-18/h7-10,17-18,22-24H,2-6,11-16H2,1H3,(H,32,37)(H,33,36)/t22-,23+,24-,28+,29-/m0/s1. The van der Waals surface area contributed by atoms with Gasteiger partial charge in [0.2, 0.25) is 17.7 Å². The van der Waals surface area contributed by atoms with Gasteiger partial charge in [-0.25, -0.2) is 0 Å². The number of carbonyl (C=O) groups excluding carboxylic acids is 3. The fourth-order valence-electron chi connectivity index (χ4n) is 7.26. The van der Waals surface area contributed by atoms with Crippen molar-refractivity contribution in [3.63, 3.8) is 0 Å². The largest absolute Gasteiger partial charge is 0.379 e. The zero-order chi connectivity index (χ0) is 28.1. The summed E-state index contributed by atoms with van der Waals surface area (Å²) in [6.07, 6.45) is 8.90. The van der Waals surface area contributed by atoms with Gasteiger partial charge < -0.3 is 25.0 Å². The number of morpholine rings is 1. The van der Waals surface area contributed by atoms with Crippen molar-refractivity contribution in [3.8, 4) is 0 Å². The number of likely N-dealkylation sites (tertiary alicyclic amines) is 1. The number of ether oxygens (including phenoxy) is 2. The zero-order valence-electron chi connectivity index (χ0n) is 22.7. The van der Waals surface area contributed by atoms with E-state index < -0.39 is 29.1 Å². The summed E-state index contributed by atoms with van der Waals surface area (Å²) in [5.41, 5.74) is -1.76. The first-order chi connectivity index (χ1) is 19.2. The molecular weight excluding hydrogens is 555 g/mol. The summed E-state index contributed by atoms with van der Waals surface area (Å²) < 4.78 is 12.1. The van der Waals surface area contributed by atoms with Crippen molar-refractivity contribution in [1.82, 2.24) is 15.1 Å². The van der Waals surface area contributed by atoms with E-state index in [1.54, 1.807) is 23.1 Å². The molecule has 0 radical (unpaired) electrons. The third-order valence-electron chi connectivity index (χ3n) is 9.23. The topological polar surface area (TPSA) is 100 Å². The first-order valence-electron chi connectivity index (χ1n) is 14.3. The summed E-state index contributed by atoms with van der Waals surface area (Å²) in [5, 5.41) is 6.85. The van der Waals surface area contributed by atoms with E-state index in [1.807, 2.05) is 19.1 Å². The minimum Gasteiger partial charge on any atom is -0.379 e. The number of halogens is 2. The number of nitrogens with one attached hydrogen (secondary N) is 2. The summed E-state index contributed by atoms with van der Waals surface area (Å²) in [5.74, 6) is -2.43. The van der Waals surface area contributed by atoms with Crippen molar-refractivity contribution in [2.24, 2.45) is 11.8 Å². The number of benzene rings is 1. The maximum atomic E-state index is 14.2. The molecule has 40 heavy (non-hydrogen) atoms. The first kappa shape index (κ1) is 28.0. The van der Waals surface area contributed by atoms with Gasteiger partial charge in [-0.2, -0.15) is 0 Å². The quantitative estimate of drug-likeness (QED) is 0.473. The second-order valence-corrected chi connectivity index (χ2v) is 12.6. The molecule has 3 amide bonds. The summed E-state index contributed by atoms with van der Waals surface area (Å²) in [4.78, 5) is 45.9. The lowest BCUT2D eigenvalue weighted by molar-refractivity contribution is -0.144. The lowest BCUT2D eigenvalue weighted by atomic mass is 9.70. The van der Waals surface area contributed by atoms with Crippen LogP contribution < -0.4 is 10.6 Å². The molecule has 6 rings (SSSR count). The van der Waals surface area contributed by atoms with Crippen LogP contribution in [0.4, 0.5) is 5.69 Å². The summed E-state index contributed by atoms with van der Waals surface area (Å²) in [7, 11) is 0. The van der Waals surface area contributed by atoms with Gasteiger partial charge in [0.05, 0.1) is 40.7 Å². The van der Waals surface area contributed by atoms with E-state index in [9.17, 15) is 14.4 Å². The van der Waals surface area contributed by atoms with Gasteiger partial charge in [0, 0.05) is 37.9 Å². The van der Waals surface area contributed by atoms with E-state index in [2.05, 4.69) is 15.5 Å². The normalized spacial score (nSPS) is 33.8. The molecule has 1 saturated carbocycles. The van der Waals surface area contributed by atoms with Crippen LogP contribution in [0.3, 0.4) is 0 Å². The van der Waals surface area contributed by atoms with E-state index in [0.717, 1.165) is 38.8 Å². The third kappa shape index (κ3) is 4.83. The van der Waals surface area contributed by atoms with Crippen molar-refractivity contribution in [3.05, 3.63) is 40.4 Å². The van der Waals surface area contributed by atoms with Crippen molar-refractivity contribution >= 4 is 46.6 Å². The van der Waals surface area contributed by atoms with Crippen LogP contribution in [0.5, 0.6) is 0 Å². The molecule has 4 aliphatic heterocycles. The minimum absolute atomic E-state index is 0.0832. The van der Waals surface area contributed by atoms with Gasteiger partial charge in [-0.3, -0.25) is 19.3 Å². The summed E-state index contributed by atoms with van der Waals surface area (Å²) >= 11 is 12.2. The highest BCUT2D eigenvalue weighted by Crippen LogP contribution is 2.59. The smallest absolute Gasteiger partial charge is 0.246 e. The Balaban J connectivity index is 1.29. The SMILES string of the molecule is C[C@]12C=C[C@@]3(O1)[C@H](C(=O)NC1CCCCC1)N(CCN1CCOCC1)C(=O)[C@H]3[C@H]2C(=O)Nc1ccc(Cl)c(Cl)c1. The molecule has 216 valence electrons. The lowest BCUT2D eigenvalue weighted by Gasteiger charge is -2.36. The Morgan fingerprint density at radius 3 is 2.50 bits per heavy atom. The number of hydrogen-bond donors (Lipinski definition) is 2. The predicted molar refractivity (Wildman–Crippen MR) is 151 cm³/mol. The van der Waals surface area contributed by atoms with Gasteiger partial charge in [-0.15, -0.1) is 0 Å². The molecule has 0 unspecified atom stereocenters. The molecular formula is C29H36Cl2N4O5. The first-order valence-corrected chi connectivity index (χ1v) is 15.0. The Morgan fingerprint density at radius 2 is 1.77 bits per heavy atom. The maximum Gasteiger partial charge on any atom is 0.246 e. The number of hydrogen-bond acceptors (Lipinski definition) is 6. The Labute approximate surface area is 244 Å². The van der Waals surface area contributed by atoms with Crippen LogP contribution in [0.2, 0.25) is 10.0 Å². The Hall–Kier alpha value is -2.17. The maximum absolute atomic E-state index is 14.2. The van der Waals surface area contributed by atoms with Crippen molar-refractivity contribution in [1.29, 1.82) is 0 Å². The van der Waals surface area contributed by atoms with Gasteiger partial charge in [0.25, 0.3) is 0 Å². The van der Waals surface area contributed by atoms with Gasteiger partial charge in [0.1, 0.15) is 11.6 Å². The van der Waals surface area contributed by atoms with Crippen LogP contribution in [0.15, 0.2) is 30.4 Å². The van der Waals surface area contributed by atoms with E-state index in [4.69, 9.17) is 32.7 Å². The molecule has 3 saturated heterocycles. The highest BCUT2D eigenvalue weighted by molar-refractivity contribution is 6.42. The number of fused-ring (bicyclic) bond motifs is 1. The number of amides is 3. The number of rotatable bonds is 7. The highest BCUT2D eigenvalue weighted by atomic mass is 35.5. The molecule has 1 spiro atoms. The number of carbonyl (C=O) groups is 3. The van der Waals surface area contributed by atoms with Crippen LogP contribution in [0.1, 0.15) is 39.0 Å². The highest BCUT2D eigenvalue weighted by Gasteiger charge is 2.76. The number of nitrogens with zero attached hydrogens (tertiary/aromatic N) is 2. The van der Waals surface area contributed by atoms with Crippen LogP contribution >= 0.6 is 23.2 Å². The zero-order valence-corrected chi connectivity index (χ0v) is 24.2. The van der Waals surface area contributed by atoms with Crippen molar-refractivity contribution in [2.45, 2.75) is 62.3 Å². The molecule has 1 aromatic carbocycles. The molecule has 4 fully saturated rings. The van der Waals surface area contributed by atoms with Gasteiger partial charge in [0.15, 0.2) is 0 Å². The van der Waals surface area contributed by atoms with E-state index in [-0.39, 0.29) is 23.8 Å². The Morgan fingerprint density at radius 1 is 1.02 bits per heavy atom. The van der Waals surface area contributed by atoms with Crippen LogP contribution in [-0.4, -0.2) is 90.2 Å². The fourth-order valence-corrected chi connectivity index (χ4v) is 7.56. The van der Waals surface area contributed by atoms with Crippen LogP contribution in [0.25, 0.3) is 0 Å². The van der Waals surface area contributed by atoms with Crippen molar-refractivity contribution in [2.75, 3.05) is 44.7 Å². The van der Waals surface area contributed by atoms with Gasteiger partial charge >= 0.3 is 0 Å². The molecule has 1 aliphatic carbocycles. The molecule has 4 heterocycles. The monoisotopic (exact) mass is 590 g/mol. The van der Waals surface area contributed by atoms with Crippen LogP contribution in [0, 0.1) is 11.8 Å². The van der Waals surface area contributed by atoms with Gasteiger partial charge in [-0.05, 0) is 38.0 Å². The molecule has 5 atom stereocenters. The lowest BCUT2D eigenvalue weighted by Crippen LogP contribution is -2.57. The number of anilines is 1. The molecule has 0 aromatic heterocycles. The predicted octanol–water partition coefficient (Wildman–Crippen LogP) is 3.25. The summed E-state index contributed by atoms with van der Waals surface area (Å²) in [6.45, 7) is 5.65. The van der Waals surface area contributed by atoms with E-state index in [0.29, 0.717) is 42.0 Å². The average molecular weight is 592 g/mol. The molecule has 11 heteroatoms. The Kier molecular flexibility index (Phi) is 7.63. The minimum atomic E-state index is -1.21. The van der Waals surface area contributed by atoms with Crippen molar-refractivity contribution < 1.29 is 23.9 Å². The van der Waals surface area contributed by atoms with Gasteiger partial charge in [-0.1, -0.05) is 54.6 Å². The second kappa shape index (κ2) is 10.9. The average Bonchev–Trinajstić information content (AvgIpc) is 3.51. The van der Waals surface area contributed by atoms with E-state index in [1.165, 1.54) is 6.42 Å². The third-order valence-corrected chi connectivity index (χ3v) is 9.97. The molecule has 9 nitrogen and oxygen atoms in total. The Bertz CT molecular complexity index is 1220. The molecule has 2 N–H and O–H groups in total. The van der Waals surface area contributed by atoms with E-state index >= 15 is 0 Å². The molecule has 2 bridgehead atoms. The molecule has 5 aliphatic rings. The second-order valence-electron chi connectivity index (χ2n) is 11.8. The summed E-state index contributed by atoms with van der Waals surface area (Å²) in [6, 6.07) is 4.09. The fraction of sp³-hybridized carbons (Fsp3) is 0.621.